The number of fused-ring (bicyclic) bond motifs is 2. The number of aryl methyl sites for hydroxylation is 2. The average molecular weight is 374 g/mol. The predicted octanol–water partition coefficient (Wildman–Crippen LogP) is 2.26. The zero-order chi connectivity index (χ0) is 19.3. The van der Waals surface area contributed by atoms with E-state index in [-0.39, 0.29) is 5.56 Å². The van der Waals surface area contributed by atoms with Crippen molar-refractivity contribution >= 4 is 22.2 Å². The summed E-state index contributed by atoms with van der Waals surface area (Å²) in [6, 6.07) is 9.85. The molecule has 28 heavy (non-hydrogen) atoms. The van der Waals surface area contributed by atoms with E-state index in [0.29, 0.717) is 0 Å². The van der Waals surface area contributed by atoms with E-state index in [0.717, 1.165) is 70.9 Å². The third kappa shape index (κ3) is 2.75. The van der Waals surface area contributed by atoms with Crippen molar-refractivity contribution in [1.82, 2.24) is 24.9 Å². The van der Waals surface area contributed by atoms with E-state index < -0.39 is 0 Å². The molecule has 0 amide bonds. The number of nitrogens with one attached hydrogen (secondary N) is 2. The lowest BCUT2D eigenvalue weighted by Crippen LogP contribution is -2.43. The minimum Gasteiger partial charge on any atom is -0.368 e. The second-order valence-corrected chi connectivity index (χ2v) is 7.35. The molecule has 2 N–H and O–H groups in total. The van der Waals surface area contributed by atoms with Crippen molar-refractivity contribution in [2.75, 3.05) is 31.1 Å². The van der Waals surface area contributed by atoms with Crippen molar-refractivity contribution in [3.05, 3.63) is 58.1 Å². The molecule has 0 saturated carbocycles. The van der Waals surface area contributed by atoms with Crippen LogP contribution in [0.4, 0.5) is 5.69 Å². The maximum atomic E-state index is 12.5. The maximum absolute atomic E-state index is 12.5. The lowest BCUT2D eigenvalue weighted by molar-refractivity contribution is 0.590. The molecule has 0 atom stereocenters. The molecule has 1 aliphatic heterocycles. The quantitative estimate of drug-likeness (QED) is 0.563. The fourth-order valence-electron chi connectivity index (χ4n) is 4.02. The summed E-state index contributed by atoms with van der Waals surface area (Å²) in [5.74, 6) is 0. The third-order valence-electron chi connectivity index (χ3n) is 5.32. The second kappa shape index (κ2) is 6.45. The van der Waals surface area contributed by atoms with Crippen molar-refractivity contribution in [2.24, 2.45) is 0 Å². The first kappa shape index (κ1) is 16.9. The number of H-pyrrole nitrogens is 1. The average Bonchev–Trinajstić information content (AvgIpc) is 3.08. The number of aromatic amines is 1. The number of pyridine rings is 1. The van der Waals surface area contributed by atoms with E-state index in [2.05, 4.69) is 26.3 Å². The van der Waals surface area contributed by atoms with Gasteiger partial charge in [0.05, 0.1) is 28.8 Å². The van der Waals surface area contributed by atoms with Crippen LogP contribution in [0.2, 0.25) is 0 Å². The molecule has 0 unspecified atom stereocenters. The van der Waals surface area contributed by atoms with E-state index in [9.17, 15) is 4.79 Å². The van der Waals surface area contributed by atoms with Crippen LogP contribution in [0.25, 0.3) is 27.8 Å². The van der Waals surface area contributed by atoms with Crippen LogP contribution < -0.4 is 15.8 Å². The smallest absolute Gasteiger partial charge is 0.250 e. The van der Waals surface area contributed by atoms with Crippen molar-refractivity contribution in [1.29, 1.82) is 0 Å². The Bertz CT molecular complexity index is 1250. The number of hydrogen-bond acceptors (Lipinski definition) is 5. The molecule has 1 fully saturated rings. The van der Waals surface area contributed by atoms with Crippen LogP contribution in [0, 0.1) is 13.8 Å². The molecule has 1 aliphatic rings. The largest absolute Gasteiger partial charge is 0.368 e. The molecule has 4 aromatic rings. The number of imidazole rings is 1. The van der Waals surface area contributed by atoms with Crippen LogP contribution in [-0.4, -0.2) is 45.8 Å². The molecule has 3 aromatic heterocycles. The molecule has 0 aliphatic carbocycles. The van der Waals surface area contributed by atoms with Crippen LogP contribution in [-0.2, 0) is 0 Å². The van der Waals surface area contributed by atoms with E-state index in [1.165, 1.54) is 0 Å². The van der Waals surface area contributed by atoms with Gasteiger partial charge >= 0.3 is 0 Å². The SMILES string of the molecule is Cc1cn2nc(-c3cccc4c(N5CCNCC5)cc(=O)[nH]c34)cc(C)c2n1. The molecular weight excluding hydrogens is 352 g/mol. The minimum absolute atomic E-state index is 0.0928. The van der Waals surface area contributed by atoms with Gasteiger partial charge in [-0.3, -0.25) is 4.79 Å². The number of piperazine rings is 1. The summed E-state index contributed by atoms with van der Waals surface area (Å²) in [5.41, 5.74) is 6.30. The lowest BCUT2D eigenvalue weighted by Gasteiger charge is -2.30. The molecule has 0 spiro atoms. The van der Waals surface area contributed by atoms with Crippen molar-refractivity contribution in [3.63, 3.8) is 0 Å². The molecule has 7 nitrogen and oxygen atoms in total. The number of aromatic nitrogens is 4. The van der Waals surface area contributed by atoms with E-state index in [4.69, 9.17) is 5.10 Å². The summed E-state index contributed by atoms with van der Waals surface area (Å²) in [7, 11) is 0. The molecule has 1 saturated heterocycles. The van der Waals surface area contributed by atoms with Crippen molar-refractivity contribution < 1.29 is 0 Å². The van der Waals surface area contributed by atoms with Gasteiger partial charge < -0.3 is 15.2 Å². The van der Waals surface area contributed by atoms with Gasteiger partial charge in [-0.05, 0) is 25.5 Å². The number of rotatable bonds is 2. The number of para-hydroxylation sites is 1. The van der Waals surface area contributed by atoms with Crippen LogP contribution in [0.15, 0.2) is 41.3 Å². The van der Waals surface area contributed by atoms with Gasteiger partial charge in [0, 0.05) is 43.2 Å². The van der Waals surface area contributed by atoms with Crippen LogP contribution >= 0.6 is 0 Å². The summed E-state index contributed by atoms with van der Waals surface area (Å²) in [5, 5.41) is 9.16. The summed E-state index contributed by atoms with van der Waals surface area (Å²) in [6.07, 6.45) is 1.92. The molecule has 7 heteroatoms. The highest BCUT2D eigenvalue weighted by Gasteiger charge is 2.17. The minimum atomic E-state index is -0.0928. The maximum Gasteiger partial charge on any atom is 0.250 e. The summed E-state index contributed by atoms with van der Waals surface area (Å²) in [6.45, 7) is 7.62. The fourth-order valence-corrected chi connectivity index (χ4v) is 4.02. The Hall–Kier alpha value is -3.19. The number of hydrogen-bond donors (Lipinski definition) is 2. The topological polar surface area (TPSA) is 78.3 Å². The van der Waals surface area contributed by atoms with Gasteiger partial charge in [0.25, 0.3) is 5.56 Å². The first-order valence-electron chi connectivity index (χ1n) is 9.56. The molecule has 5 rings (SSSR count). The summed E-state index contributed by atoms with van der Waals surface area (Å²) in [4.78, 5) is 22.3. The standard InChI is InChI=1S/C21H22N6O/c1-13-10-17(25-27-12-14(2)23-21(13)27)15-4-3-5-16-18(11-19(28)24-20(15)16)26-8-6-22-7-9-26/h3-5,10-12,22H,6-9H2,1-2H3,(H,24,28). The van der Waals surface area contributed by atoms with Gasteiger partial charge in [-0.2, -0.15) is 5.10 Å². The van der Waals surface area contributed by atoms with E-state index in [1.807, 2.05) is 42.8 Å². The highest BCUT2D eigenvalue weighted by molar-refractivity contribution is 6.00. The first-order valence-corrected chi connectivity index (χ1v) is 9.56. The Morgan fingerprint density at radius 3 is 2.75 bits per heavy atom. The van der Waals surface area contributed by atoms with Crippen LogP contribution in [0.5, 0.6) is 0 Å². The lowest BCUT2D eigenvalue weighted by atomic mass is 10.0. The zero-order valence-corrected chi connectivity index (χ0v) is 16.0. The highest BCUT2D eigenvalue weighted by Crippen LogP contribution is 2.31. The van der Waals surface area contributed by atoms with Crippen LogP contribution in [0.1, 0.15) is 11.3 Å². The van der Waals surface area contributed by atoms with E-state index >= 15 is 0 Å². The van der Waals surface area contributed by atoms with Gasteiger partial charge in [0.15, 0.2) is 5.65 Å². The monoisotopic (exact) mass is 374 g/mol. The van der Waals surface area contributed by atoms with Gasteiger partial charge in [0.1, 0.15) is 0 Å². The zero-order valence-electron chi connectivity index (χ0n) is 16.0. The Kier molecular flexibility index (Phi) is 3.91. The molecule has 0 radical (unpaired) electrons. The normalized spacial score (nSPS) is 14.9. The molecule has 4 heterocycles. The fraction of sp³-hybridized carbons (Fsp3) is 0.286. The number of anilines is 1. The highest BCUT2D eigenvalue weighted by atomic mass is 16.1. The van der Waals surface area contributed by atoms with E-state index in [1.54, 1.807) is 6.07 Å². The molecule has 142 valence electrons. The van der Waals surface area contributed by atoms with Crippen molar-refractivity contribution in [3.8, 4) is 11.3 Å². The molecule has 1 aromatic carbocycles. The second-order valence-electron chi connectivity index (χ2n) is 7.35. The van der Waals surface area contributed by atoms with Gasteiger partial charge in [-0.15, -0.1) is 0 Å². The molecular formula is C21H22N6O. The Labute approximate surface area is 162 Å². The molecule has 0 bridgehead atoms. The summed E-state index contributed by atoms with van der Waals surface area (Å²) < 4.78 is 1.82. The Balaban J connectivity index is 1.74. The van der Waals surface area contributed by atoms with Gasteiger partial charge in [-0.1, -0.05) is 18.2 Å². The Morgan fingerprint density at radius 1 is 1.11 bits per heavy atom. The number of nitrogens with zero attached hydrogens (tertiary/aromatic N) is 4. The van der Waals surface area contributed by atoms with Crippen molar-refractivity contribution in [2.45, 2.75) is 13.8 Å². The summed E-state index contributed by atoms with van der Waals surface area (Å²) >= 11 is 0. The van der Waals surface area contributed by atoms with Gasteiger partial charge in [0.2, 0.25) is 0 Å². The third-order valence-corrected chi connectivity index (χ3v) is 5.32. The predicted molar refractivity (Wildman–Crippen MR) is 111 cm³/mol. The van der Waals surface area contributed by atoms with Crippen LogP contribution in [0.3, 0.4) is 0 Å². The van der Waals surface area contributed by atoms with Gasteiger partial charge in [-0.25, -0.2) is 9.50 Å². The first-order chi connectivity index (χ1) is 13.6. The Morgan fingerprint density at radius 2 is 1.93 bits per heavy atom. The number of benzene rings is 1.